The zero-order valence-corrected chi connectivity index (χ0v) is 11.4. The Labute approximate surface area is 122 Å². The summed E-state index contributed by atoms with van der Waals surface area (Å²) in [7, 11) is 0. The summed E-state index contributed by atoms with van der Waals surface area (Å²) in [5.41, 5.74) is 4.80. The normalized spacial score (nSPS) is 20.0. The predicted octanol–water partition coefficient (Wildman–Crippen LogP) is 3.59. The molecule has 0 bridgehead atoms. The molecule has 1 aliphatic heterocycles. The number of nitrogens with one attached hydrogen (secondary N) is 1. The van der Waals surface area contributed by atoms with Crippen LogP contribution in [0.15, 0.2) is 54.1 Å². The van der Waals surface area contributed by atoms with Crippen molar-refractivity contribution in [3.63, 3.8) is 0 Å². The Balaban J connectivity index is 1.95. The van der Waals surface area contributed by atoms with E-state index in [-0.39, 0.29) is 17.6 Å². The molecule has 0 radical (unpaired) electrons. The summed E-state index contributed by atoms with van der Waals surface area (Å²) in [5, 5.41) is 2.97. The van der Waals surface area contributed by atoms with E-state index in [4.69, 9.17) is 0 Å². The van der Waals surface area contributed by atoms with Gasteiger partial charge in [-0.15, -0.1) is 0 Å². The third-order valence-electron chi connectivity index (χ3n) is 4.31. The van der Waals surface area contributed by atoms with Gasteiger partial charge in [0, 0.05) is 23.6 Å². The summed E-state index contributed by atoms with van der Waals surface area (Å²) in [5.74, 6) is -0.237. The summed E-state index contributed by atoms with van der Waals surface area (Å²) < 4.78 is 14.3. The van der Waals surface area contributed by atoms with Gasteiger partial charge < -0.3 is 5.32 Å². The molecule has 1 unspecified atom stereocenters. The smallest absolute Gasteiger partial charge is 0.224 e. The van der Waals surface area contributed by atoms with Crippen molar-refractivity contribution in [2.24, 2.45) is 0 Å². The van der Waals surface area contributed by atoms with Gasteiger partial charge in [-0.1, -0.05) is 42.5 Å². The number of carbonyl (C=O) groups excluding carboxylic acids is 1. The van der Waals surface area contributed by atoms with Crippen LogP contribution in [0.5, 0.6) is 0 Å². The number of hydrogen-bond donors (Lipinski definition) is 1. The van der Waals surface area contributed by atoms with Gasteiger partial charge in [0.05, 0.1) is 0 Å². The summed E-state index contributed by atoms with van der Waals surface area (Å²) in [6.07, 6.45) is 1.16. The van der Waals surface area contributed by atoms with Crippen molar-refractivity contribution in [3.05, 3.63) is 76.6 Å². The van der Waals surface area contributed by atoms with Gasteiger partial charge in [0.25, 0.3) is 0 Å². The van der Waals surface area contributed by atoms with E-state index in [1.54, 1.807) is 6.07 Å². The van der Waals surface area contributed by atoms with E-state index < -0.39 is 0 Å². The number of halogens is 1. The first-order valence-corrected chi connectivity index (χ1v) is 7.12. The molecule has 1 atom stereocenters. The zero-order valence-electron chi connectivity index (χ0n) is 11.4. The maximum atomic E-state index is 14.3. The average molecular weight is 279 g/mol. The minimum absolute atomic E-state index is 0.0396. The second kappa shape index (κ2) is 4.55. The first kappa shape index (κ1) is 12.3. The summed E-state index contributed by atoms with van der Waals surface area (Å²) in [6, 6.07) is 14.8. The van der Waals surface area contributed by atoms with Crippen LogP contribution >= 0.6 is 0 Å². The fourth-order valence-corrected chi connectivity index (χ4v) is 3.41. The van der Waals surface area contributed by atoms with Crippen molar-refractivity contribution < 1.29 is 9.18 Å². The molecule has 1 heterocycles. The van der Waals surface area contributed by atoms with Crippen LogP contribution in [0.4, 0.5) is 4.39 Å². The highest BCUT2D eigenvalue weighted by Crippen LogP contribution is 2.48. The second-order valence-corrected chi connectivity index (χ2v) is 5.49. The highest BCUT2D eigenvalue weighted by atomic mass is 19.1. The molecule has 1 amide bonds. The zero-order chi connectivity index (χ0) is 14.4. The number of amides is 1. The lowest BCUT2D eigenvalue weighted by Crippen LogP contribution is -2.26. The van der Waals surface area contributed by atoms with Gasteiger partial charge in [-0.2, -0.15) is 0 Å². The molecule has 0 saturated carbocycles. The number of carbonyl (C=O) groups is 1. The Hall–Kier alpha value is -2.42. The van der Waals surface area contributed by atoms with E-state index in [1.807, 2.05) is 36.4 Å². The largest absolute Gasteiger partial charge is 0.326 e. The molecular weight excluding hydrogens is 265 g/mol. The Bertz CT molecular complexity index is 778. The summed E-state index contributed by atoms with van der Waals surface area (Å²) >= 11 is 0. The van der Waals surface area contributed by atoms with E-state index in [0.717, 1.165) is 22.4 Å². The molecule has 2 aliphatic rings. The lowest BCUT2D eigenvalue weighted by Gasteiger charge is -2.21. The maximum Gasteiger partial charge on any atom is 0.224 e. The molecule has 2 aromatic rings. The quantitative estimate of drug-likeness (QED) is 0.849. The lowest BCUT2D eigenvalue weighted by molar-refractivity contribution is -0.120. The highest BCUT2D eigenvalue weighted by molar-refractivity contribution is 5.94. The molecule has 0 saturated heterocycles. The summed E-state index contributed by atoms with van der Waals surface area (Å²) in [6.45, 7) is 0. The van der Waals surface area contributed by atoms with Crippen molar-refractivity contribution in [2.45, 2.75) is 18.8 Å². The Morgan fingerprint density at radius 1 is 0.952 bits per heavy atom. The second-order valence-electron chi connectivity index (χ2n) is 5.49. The number of rotatable bonds is 1. The Morgan fingerprint density at radius 2 is 1.67 bits per heavy atom. The lowest BCUT2D eigenvalue weighted by atomic mass is 9.86. The van der Waals surface area contributed by atoms with Crippen LogP contribution in [-0.4, -0.2) is 5.91 Å². The standard InChI is InChI=1S/C18H14FNO/c19-15-8-4-3-7-13(15)17-11-5-1-2-6-12(11)18-14(17)9-10-16(21)20-18/h1-8,17H,9-10H2,(H,20,21). The van der Waals surface area contributed by atoms with Crippen LogP contribution in [0.2, 0.25) is 0 Å². The van der Waals surface area contributed by atoms with Gasteiger partial charge in [0.2, 0.25) is 5.91 Å². The van der Waals surface area contributed by atoms with Gasteiger partial charge in [0.1, 0.15) is 5.82 Å². The van der Waals surface area contributed by atoms with Crippen LogP contribution in [0.1, 0.15) is 35.4 Å². The molecule has 2 nitrogen and oxygen atoms in total. The molecule has 0 aromatic heterocycles. The van der Waals surface area contributed by atoms with Crippen LogP contribution in [0.3, 0.4) is 0 Å². The molecule has 0 spiro atoms. The van der Waals surface area contributed by atoms with E-state index >= 15 is 0 Å². The molecule has 3 heteroatoms. The summed E-state index contributed by atoms with van der Waals surface area (Å²) in [4.78, 5) is 11.7. The molecule has 0 fully saturated rings. The molecule has 1 N–H and O–H groups in total. The van der Waals surface area contributed by atoms with Gasteiger partial charge in [-0.3, -0.25) is 4.79 Å². The first-order valence-electron chi connectivity index (χ1n) is 7.12. The number of benzene rings is 2. The van der Waals surface area contributed by atoms with Gasteiger partial charge in [0.15, 0.2) is 0 Å². The molecule has 21 heavy (non-hydrogen) atoms. The third kappa shape index (κ3) is 1.81. The molecular formula is C18H14FNO. The van der Waals surface area contributed by atoms with Crippen LogP contribution in [0.25, 0.3) is 5.70 Å². The van der Waals surface area contributed by atoms with Crippen molar-refractivity contribution in [1.82, 2.24) is 5.32 Å². The molecule has 2 aromatic carbocycles. The molecule has 1 aliphatic carbocycles. The van der Waals surface area contributed by atoms with E-state index in [1.165, 1.54) is 6.07 Å². The highest BCUT2D eigenvalue weighted by Gasteiger charge is 2.36. The fourth-order valence-electron chi connectivity index (χ4n) is 3.41. The number of fused-ring (bicyclic) bond motifs is 2. The first-order chi connectivity index (χ1) is 10.3. The van der Waals surface area contributed by atoms with Crippen molar-refractivity contribution in [1.29, 1.82) is 0 Å². The minimum Gasteiger partial charge on any atom is -0.326 e. The van der Waals surface area contributed by atoms with Gasteiger partial charge in [-0.05, 0) is 29.2 Å². The predicted molar refractivity (Wildman–Crippen MR) is 79.0 cm³/mol. The third-order valence-corrected chi connectivity index (χ3v) is 4.31. The van der Waals surface area contributed by atoms with Crippen molar-refractivity contribution in [2.75, 3.05) is 0 Å². The van der Waals surface area contributed by atoms with E-state index in [9.17, 15) is 9.18 Å². The van der Waals surface area contributed by atoms with Crippen molar-refractivity contribution in [3.8, 4) is 0 Å². The van der Waals surface area contributed by atoms with Gasteiger partial charge >= 0.3 is 0 Å². The average Bonchev–Trinajstić information content (AvgIpc) is 2.82. The molecule has 104 valence electrons. The number of hydrogen-bond acceptors (Lipinski definition) is 1. The Morgan fingerprint density at radius 3 is 2.48 bits per heavy atom. The van der Waals surface area contributed by atoms with Crippen LogP contribution in [0, 0.1) is 5.82 Å². The molecule has 4 rings (SSSR count). The maximum absolute atomic E-state index is 14.3. The topological polar surface area (TPSA) is 29.1 Å². The number of allylic oxidation sites excluding steroid dienone is 1. The Kier molecular flexibility index (Phi) is 2.67. The monoisotopic (exact) mass is 279 g/mol. The SMILES string of the molecule is O=C1CCC2=C(N1)c1ccccc1C2c1ccccc1F. The van der Waals surface area contributed by atoms with Crippen molar-refractivity contribution >= 4 is 11.6 Å². The van der Waals surface area contributed by atoms with E-state index in [2.05, 4.69) is 5.32 Å². The van der Waals surface area contributed by atoms with Crippen LogP contribution < -0.4 is 5.32 Å². The van der Waals surface area contributed by atoms with Crippen LogP contribution in [-0.2, 0) is 4.79 Å². The van der Waals surface area contributed by atoms with E-state index in [0.29, 0.717) is 18.4 Å². The minimum atomic E-state index is -0.192. The van der Waals surface area contributed by atoms with Gasteiger partial charge in [-0.25, -0.2) is 4.39 Å². The fraction of sp³-hybridized carbons (Fsp3) is 0.167.